The van der Waals surface area contributed by atoms with Gasteiger partial charge >= 0.3 is 23.9 Å². The van der Waals surface area contributed by atoms with E-state index in [1.54, 1.807) is 27.7 Å². The van der Waals surface area contributed by atoms with Crippen molar-refractivity contribution in [3.63, 3.8) is 0 Å². The molecule has 192 valence electrons. The van der Waals surface area contributed by atoms with Crippen LogP contribution in [0.25, 0.3) is 0 Å². The van der Waals surface area contributed by atoms with Crippen molar-refractivity contribution >= 4 is 45.3 Å². The van der Waals surface area contributed by atoms with Crippen LogP contribution in [0, 0.1) is 5.92 Å². The molecule has 1 aliphatic carbocycles. The lowest BCUT2D eigenvalue weighted by atomic mass is 9.84. The summed E-state index contributed by atoms with van der Waals surface area (Å²) in [5, 5.41) is 0. The molecule has 2 atom stereocenters. The summed E-state index contributed by atoms with van der Waals surface area (Å²) in [4.78, 5) is 63.9. The number of allylic oxidation sites excluding steroid dienone is 2. The van der Waals surface area contributed by atoms with E-state index in [9.17, 15) is 28.5 Å². The van der Waals surface area contributed by atoms with Gasteiger partial charge in [0.05, 0.1) is 54.3 Å². The number of hydrogen-bond donors (Lipinski definition) is 0. The van der Waals surface area contributed by atoms with Gasteiger partial charge in [-0.1, -0.05) is 0 Å². The summed E-state index contributed by atoms with van der Waals surface area (Å²) in [6.45, 7) is 6.44. The molecule has 0 saturated carbocycles. The molecule has 0 N–H and O–H groups in total. The van der Waals surface area contributed by atoms with E-state index in [1.165, 1.54) is 18.2 Å². The summed E-state index contributed by atoms with van der Waals surface area (Å²) in [5.41, 5.74) is -0.832. The van der Waals surface area contributed by atoms with Gasteiger partial charge in [-0.2, -0.15) is 0 Å². The highest BCUT2D eigenvalue weighted by molar-refractivity contribution is 7.91. The van der Waals surface area contributed by atoms with Crippen LogP contribution in [0.1, 0.15) is 58.8 Å². The Kier molecular flexibility index (Phi) is 8.59. The third kappa shape index (κ3) is 5.02. The molecule has 0 bridgehead atoms. The average Bonchev–Trinajstić information content (AvgIpc) is 2.86. The van der Waals surface area contributed by atoms with E-state index in [0.717, 1.165) is 6.07 Å². The second kappa shape index (κ2) is 11.4. The van der Waals surface area contributed by atoms with Gasteiger partial charge in [-0.25, -0.2) is 19.2 Å². The Morgan fingerprint density at radius 3 is 1.78 bits per heavy atom. The Morgan fingerprint density at radius 1 is 0.778 bits per heavy atom. The molecule has 11 heteroatoms. The standard InChI is InChI=1S/C25H26O10S/c1-5-32-22(27)13-9-17-19(11-15(13)24(29)34-7-3)36(31)20-12-16(25(30)35-8-4)14(23(28)33-6-2)10-18(20)21(17)26/h9-12,17,36H,5-8H2,1-4H3. The van der Waals surface area contributed by atoms with Crippen molar-refractivity contribution in [1.82, 2.24) is 0 Å². The Morgan fingerprint density at radius 2 is 1.25 bits per heavy atom. The molecule has 3 rings (SSSR count). The number of rotatable bonds is 8. The van der Waals surface area contributed by atoms with Crippen molar-refractivity contribution in [3.05, 3.63) is 52.1 Å². The number of ketones is 1. The molecule has 1 heterocycles. The number of esters is 4. The van der Waals surface area contributed by atoms with Crippen molar-refractivity contribution in [2.45, 2.75) is 32.6 Å². The number of thiol groups is 1. The predicted molar refractivity (Wildman–Crippen MR) is 128 cm³/mol. The Hall–Kier alpha value is -3.57. The molecule has 10 nitrogen and oxygen atoms in total. The van der Waals surface area contributed by atoms with Gasteiger partial charge in [0.15, 0.2) is 5.78 Å². The van der Waals surface area contributed by atoms with Gasteiger partial charge in [0.1, 0.15) is 15.7 Å². The van der Waals surface area contributed by atoms with E-state index in [2.05, 4.69) is 0 Å². The zero-order valence-electron chi connectivity index (χ0n) is 20.2. The number of carbonyl (C=O) groups excluding carboxylic acids is 5. The Labute approximate surface area is 210 Å². The van der Waals surface area contributed by atoms with Crippen molar-refractivity contribution in [2.24, 2.45) is 5.92 Å². The first kappa shape index (κ1) is 27.0. The fourth-order valence-electron chi connectivity index (χ4n) is 3.83. The molecular weight excluding hydrogens is 492 g/mol. The van der Waals surface area contributed by atoms with Gasteiger partial charge in [-0.3, -0.25) is 4.79 Å². The third-order valence-corrected chi connectivity index (χ3v) is 7.04. The summed E-state index contributed by atoms with van der Waals surface area (Å²) >= 11 is 0. The molecule has 0 amide bonds. The number of hydrogen-bond acceptors (Lipinski definition) is 10. The Bertz CT molecular complexity index is 1240. The molecule has 36 heavy (non-hydrogen) atoms. The SMILES string of the molecule is CCOC(=O)C1=CC2=[SH+]([O-])c3cc(C(=O)OCC)c(C(=O)OCC)cc3C(=O)C2C=C1C(=O)OCC. The van der Waals surface area contributed by atoms with Crippen LogP contribution in [0.4, 0.5) is 0 Å². The minimum atomic E-state index is -2.48. The van der Waals surface area contributed by atoms with Crippen molar-refractivity contribution in [1.29, 1.82) is 0 Å². The van der Waals surface area contributed by atoms with E-state index in [0.29, 0.717) is 0 Å². The summed E-state index contributed by atoms with van der Waals surface area (Å²) in [5.74, 6) is -5.10. The van der Waals surface area contributed by atoms with Crippen LogP contribution in [0.5, 0.6) is 0 Å². The zero-order valence-corrected chi connectivity index (χ0v) is 21.1. The highest BCUT2D eigenvalue weighted by atomic mass is 32.2. The van der Waals surface area contributed by atoms with Gasteiger partial charge in [0.2, 0.25) is 0 Å². The molecule has 0 aromatic heterocycles. The Balaban J connectivity index is 2.26. The van der Waals surface area contributed by atoms with E-state index in [4.69, 9.17) is 18.9 Å². The molecule has 2 aliphatic rings. The maximum Gasteiger partial charge on any atom is 0.339 e. The molecular formula is C25H26O10S. The van der Waals surface area contributed by atoms with Crippen LogP contribution < -0.4 is 0 Å². The predicted octanol–water partition coefficient (Wildman–Crippen LogP) is 1.86. The topological polar surface area (TPSA) is 145 Å². The number of ether oxygens (including phenoxy) is 4. The molecule has 0 fully saturated rings. The second-order valence-corrected chi connectivity index (χ2v) is 9.08. The van der Waals surface area contributed by atoms with Crippen LogP contribution in [-0.4, -0.2) is 65.5 Å². The first-order valence-electron chi connectivity index (χ1n) is 11.4. The summed E-state index contributed by atoms with van der Waals surface area (Å²) < 4.78 is 33.7. The fraction of sp³-hybridized carbons (Fsp3) is 0.360. The molecule has 2 unspecified atom stereocenters. The van der Waals surface area contributed by atoms with Crippen LogP contribution in [0.2, 0.25) is 0 Å². The largest absolute Gasteiger partial charge is 0.646 e. The monoisotopic (exact) mass is 518 g/mol. The fourth-order valence-corrected chi connectivity index (χ4v) is 5.44. The van der Waals surface area contributed by atoms with Crippen LogP contribution in [0.3, 0.4) is 0 Å². The van der Waals surface area contributed by atoms with Crippen molar-refractivity contribution < 1.29 is 47.5 Å². The van der Waals surface area contributed by atoms with Crippen molar-refractivity contribution in [2.75, 3.05) is 26.4 Å². The maximum absolute atomic E-state index is 13.6. The van der Waals surface area contributed by atoms with E-state index < -0.39 is 46.3 Å². The maximum atomic E-state index is 13.6. The third-order valence-electron chi connectivity index (χ3n) is 5.35. The highest BCUT2D eigenvalue weighted by Crippen LogP contribution is 2.35. The normalized spacial score (nSPS) is 18.2. The van der Waals surface area contributed by atoms with Crippen molar-refractivity contribution in [3.8, 4) is 0 Å². The summed E-state index contributed by atoms with van der Waals surface area (Å²) in [6, 6.07) is 2.34. The summed E-state index contributed by atoms with van der Waals surface area (Å²) in [7, 11) is -2.48. The lowest BCUT2D eigenvalue weighted by molar-refractivity contribution is -0.142. The quantitative estimate of drug-likeness (QED) is 0.164. The number of Topliss-reactive ketones (excluding diaryl/α,β-unsaturated/α-hetero) is 1. The lowest BCUT2D eigenvalue weighted by Crippen LogP contribution is -2.36. The van der Waals surface area contributed by atoms with E-state index in [-0.39, 0.29) is 64.0 Å². The number of fused-ring (bicyclic) bond motifs is 2. The molecule has 0 saturated heterocycles. The van der Waals surface area contributed by atoms with Gasteiger partial charge in [0, 0.05) is 12.1 Å². The average molecular weight is 519 g/mol. The molecule has 1 aromatic rings. The molecule has 0 spiro atoms. The number of carbonyl (C=O) groups is 5. The smallest absolute Gasteiger partial charge is 0.339 e. The zero-order chi connectivity index (χ0) is 26.6. The first-order valence-corrected chi connectivity index (χ1v) is 12.6. The van der Waals surface area contributed by atoms with E-state index >= 15 is 0 Å². The highest BCUT2D eigenvalue weighted by Gasteiger charge is 2.41. The second-order valence-electron chi connectivity index (χ2n) is 7.50. The number of benzene rings is 1. The van der Waals surface area contributed by atoms with Crippen LogP contribution in [-0.2, 0) is 39.3 Å². The first-order chi connectivity index (χ1) is 17.2. The molecule has 1 aromatic carbocycles. The van der Waals surface area contributed by atoms with Gasteiger partial charge in [-0.15, -0.1) is 10.8 Å². The molecule has 1 aliphatic heterocycles. The van der Waals surface area contributed by atoms with Gasteiger partial charge in [-0.05, 0) is 39.8 Å². The summed E-state index contributed by atoms with van der Waals surface area (Å²) in [6.07, 6.45) is 2.43. The van der Waals surface area contributed by atoms with Crippen LogP contribution >= 0.6 is 0 Å². The van der Waals surface area contributed by atoms with Gasteiger partial charge in [0.25, 0.3) is 0 Å². The van der Waals surface area contributed by atoms with E-state index in [1.807, 2.05) is 0 Å². The van der Waals surface area contributed by atoms with Gasteiger partial charge < -0.3 is 23.5 Å². The molecule has 0 radical (unpaired) electrons. The lowest BCUT2D eigenvalue weighted by Gasteiger charge is -2.28. The van der Waals surface area contributed by atoms with Crippen LogP contribution in [0.15, 0.2) is 40.3 Å². The minimum Gasteiger partial charge on any atom is -0.646 e. The minimum absolute atomic E-state index is 0.00444.